The fourth-order valence-electron chi connectivity index (χ4n) is 3.42. The van der Waals surface area contributed by atoms with Crippen molar-refractivity contribution in [2.24, 2.45) is 0 Å². The number of hydrogen-bond donors (Lipinski definition) is 0. The van der Waals surface area contributed by atoms with Crippen molar-refractivity contribution in [1.82, 2.24) is 9.97 Å². The Labute approximate surface area is 164 Å². The second-order valence-electron chi connectivity index (χ2n) is 6.73. The highest BCUT2D eigenvalue weighted by molar-refractivity contribution is 7.22. The summed E-state index contributed by atoms with van der Waals surface area (Å²) in [5, 5.41) is 2.08. The number of hydrogen-bond acceptors (Lipinski definition) is 6. The first-order valence-corrected chi connectivity index (χ1v) is 10.8. The molecule has 0 amide bonds. The number of fused-ring (bicyclic) bond motifs is 2. The van der Waals surface area contributed by atoms with Gasteiger partial charge in [0.15, 0.2) is 10.3 Å². The molecule has 2 aromatic carbocycles. The fraction of sp³-hybridized carbons (Fsp3) is 0.300. The Morgan fingerprint density at radius 1 is 0.852 bits per heavy atom. The Kier molecular flexibility index (Phi) is 4.21. The molecule has 0 radical (unpaired) electrons. The average molecular weight is 399 g/mol. The summed E-state index contributed by atoms with van der Waals surface area (Å²) in [6, 6.07) is 11.4. The lowest BCUT2D eigenvalue weighted by Gasteiger charge is -2.34. The second kappa shape index (κ2) is 6.73. The van der Waals surface area contributed by atoms with Gasteiger partial charge in [0.05, 0.1) is 20.4 Å². The van der Waals surface area contributed by atoms with Gasteiger partial charge in [-0.3, -0.25) is 0 Å². The van der Waals surface area contributed by atoms with Gasteiger partial charge in [-0.05, 0) is 42.3 Å². The zero-order chi connectivity index (χ0) is 18.4. The number of aryl methyl sites for hydroxylation is 1. The predicted octanol–water partition coefficient (Wildman–Crippen LogP) is 4.93. The molecule has 4 aromatic rings. The van der Waals surface area contributed by atoms with Crippen molar-refractivity contribution in [2.45, 2.75) is 13.3 Å². The summed E-state index contributed by atoms with van der Waals surface area (Å²) in [6.07, 6.45) is 1.05. The molecule has 0 N–H and O–H groups in total. The largest absolute Gasteiger partial charge is 0.345 e. The van der Waals surface area contributed by atoms with Crippen molar-refractivity contribution in [1.29, 1.82) is 0 Å². The van der Waals surface area contributed by atoms with Crippen LogP contribution in [-0.4, -0.2) is 36.1 Å². The van der Waals surface area contributed by atoms with Gasteiger partial charge in [-0.15, -0.1) is 0 Å². The summed E-state index contributed by atoms with van der Waals surface area (Å²) >= 11 is 3.34. The smallest absolute Gasteiger partial charge is 0.186 e. The van der Waals surface area contributed by atoms with Crippen molar-refractivity contribution >= 4 is 53.4 Å². The van der Waals surface area contributed by atoms with Gasteiger partial charge < -0.3 is 9.80 Å². The quantitative estimate of drug-likeness (QED) is 0.490. The topological polar surface area (TPSA) is 32.3 Å². The number of rotatable bonds is 3. The number of anilines is 2. The van der Waals surface area contributed by atoms with Gasteiger partial charge in [0.1, 0.15) is 5.82 Å². The first kappa shape index (κ1) is 16.9. The van der Waals surface area contributed by atoms with Crippen LogP contribution in [0.4, 0.5) is 14.7 Å². The van der Waals surface area contributed by atoms with Crippen LogP contribution in [0.2, 0.25) is 0 Å². The van der Waals surface area contributed by atoms with Gasteiger partial charge in [0.2, 0.25) is 0 Å². The maximum Gasteiger partial charge on any atom is 0.186 e. The molecule has 1 saturated heterocycles. The van der Waals surface area contributed by atoms with Crippen molar-refractivity contribution in [2.75, 3.05) is 36.0 Å². The van der Waals surface area contributed by atoms with Gasteiger partial charge in [0.25, 0.3) is 0 Å². The lowest BCUT2D eigenvalue weighted by atomic mass is 10.2. The van der Waals surface area contributed by atoms with Crippen LogP contribution in [0, 0.1) is 5.82 Å². The van der Waals surface area contributed by atoms with Crippen LogP contribution in [0.3, 0.4) is 0 Å². The highest BCUT2D eigenvalue weighted by Crippen LogP contribution is 2.33. The SMILES string of the molecule is CCc1ccc2nc(N3CCN(c4nc5ccc(F)cc5s4)CC3)sc2c1. The lowest BCUT2D eigenvalue weighted by Crippen LogP contribution is -2.46. The van der Waals surface area contributed by atoms with Crippen LogP contribution in [0.25, 0.3) is 20.4 Å². The standard InChI is InChI=1S/C20H19FN4S2/c1-2-13-3-5-15-17(11-13)26-19(22-15)24-7-9-25(10-8-24)20-23-16-6-4-14(21)12-18(16)27-20/h3-6,11-12H,2,7-10H2,1H3. The summed E-state index contributed by atoms with van der Waals surface area (Å²) in [5.74, 6) is -0.204. The molecule has 5 rings (SSSR count). The molecule has 0 spiro atoms. The van der Waals surface area contributed by atoms with Gasteiger partial charge in [-0.2, -0.15) is 0 Å². The van der Waals surface area contributed by atoms with E-state index in [9.17, 15) is 4.39 Å². The fourth-order valence-corrected chi connectivity index (χ4v) is 5.55. The van der Waals surface area contributed by atoms with E-state index in [4.69, 9.17) is 4.98 Å². The molecule has 7 heteroatoms. The highest BCUT2D eigenvalue weighted by atomic mass is 32.1. The molecule has 0 aliphatic carbocycles. The van der Waals surface area contributed by atoms with Crippen molar-refractivity contribution in [3.8, 4) is 0 Å². The third-order valence-electron chi connectivity index (χ3n) is 5.01. The van der Waals surface area contributed by atoms with Gasteiger partial charge in [-0.25, -0.2) is 14.4 Å². The van der Waals surface area contributed by atoms with Crippen LogP contribution in [-0.2, 0) is 6.42 Å². The molecule has 1 fully saturated rings. The van der Waals surface area contributed by atoms with Crippen molar-refractivity contribution < 1.29 is 4.39 Å². The molecule has 1 aliphatic rings. The minimum atomic E-state index is -0.204. The van der Waals surface area contributed by atoms with E-state index in [-0.39, 0.29) is 5.82 Å². The van der Waals surface area contributed by atoms with Gasteiger partial charge in [-0.1, -0.05) is 35.7 Å². The van der Waals surface area contributed by atoms with E-state index in [1.165, 1.54) is 16.3 Å². The van der Waals surface area contributed by atoms with E-state index in [2.05, 4.69) is 39.9 Å². The van der Waals surface area contributed by atoms with E-state index in [1.54, 1.807) is 34.8 Å². The summed E-state index contributed by atoms with van der Waals surface area (Å²) in [6.45, 7) is 5.82. The molecular weight excluding hydrogens is 379 g/mol. The van der Waals surface area contributed by atoms with Crippen LogP contribution in [0.1, 0.15) is 12.5 Å². The second-order valence-corrected chi connectivity index (χ2v) is 8.75. The molecule has 3 heterocycles. The maximum atomic E-state index is 13.4. The first-order valence-electron chi connectivity index (χ1n) is 9.15. The first-order chi connectivity index (χ1) is 13.2. The molecule has 2 aromatic heterocycles. The predicted molar refractivity (Wildman–Crippen MR) is 113 cm³/mol. The number of aromatic nitrogens is 2. The zero-order valence-corrected chi connectivity index (χ0v) is 16.6. The number of halogens is 1. The summed E-state index contributed by atoms with van der Waals surface area (Å²) in [4.78, 5) is 14.2. The van der Waals surface area contributed by atoms with E-state index in [1.807, 2.05) is 0 Å². The van der Waals surface area contributed by atoms with Crippen LogP contribution in [0.5, 0.6) is 0 Å². The van der Waals surface area contributed by atoms with E-state index < -0.39 is 0 Å². The Morgan fingerprint density at radius 3 is 2.00 bits per heavy atom. The molecule has 0 atom stereocenters. The number of thiazole rings is 2. The van der Waals surface area contributed by atoms with Crippen molar-refractivity contribution in [3.63, 3.8) is 0 Å². The summed E-state index contributed by atoms with van der Waals surface area (Å²) in [7, 11) is 0. The van der Waals surface area contributed by atoms with Crippen molar-refractivity contribution in [3.05, 3.63) is 47.8 Å². The average Bonchev–Trinajstić information content (AvgIpc) is 3.31. The van der Waals surface area contributed by atoms with E-state index in [0.717, 1.165) is 58.6 Å². The normalized spacial score (nSPS) is 15.2. The highest BCUT2D eigenvalue weighted by Gasteiger charge is 2.22. The maximum absolute atomic E-state index is 13.4. The Balaban J connectivity index is 1.33. The molecule has 0 saturated carbocycles. The molecule has 1 aliphatic heterocycles. The Bertz CT molecular complexity index is 1110. The summed E-state index contributed by atoms with van der Waals surface area (Å²) < 4.78 is 15.6. The van der Waals surface area contributed by atoms with Crippen LogP contribution >= 0.6 is 22.7 Å². The molecule has 138 valence electrons. The number of nitrogens with zero attached hydrogens (tertiary/aromatic N) is 4. The van der Waals surface area contributed by atoms with Gasteiger partial charge >= 0.3 is 0 Å². The van der Waals surface area contributed by atoms with Crippen LogP contribution < -0.4 is 9.80 Å². The minimum absolute atomic E-state index is 0.204. The zero-order valence-electron chi connectivity index (χ0n) is 15.0. The number of benzene rings is 2. The Morgan fingerprint density at radius 2 is 1.41 bits per heavy atom. The monoisotopic (exact) mass is 398 g/mol. The number of piperazine rings is 1. The third kappa shape index (κ3) is 3.15. The Hall–Kier alpha value is -2.25. The molecule has 4 nitrogen and oxygen atoms in total. The molecular formula is C20H19FN4S2. The minimum Gasteiger partial charge on any atom is -0.345 e. The third-order valence-corrected chi connectivity index (χ3v) is 7.17. The molecule has 0 unspecified atom stereocenters. The molecule has 0 bridgehead atoms. The van der Waals surface area contributed by atoms with E-state index in [0.29, 0.717) is 0 Å². The summed E-state index contributed by atoms with van der Waals surface area (Å²) in [5.41, 5.74) is 3.31. The lowest BCUT2D eigenvalue weighted by molar-refractivity contribution is 0.630. The van der Waals surface area contributed by atoms with Gasteiger partial charge in [0, 0.05) is 26.2 Å². The van der Waals surface area contributed by atoms with Crippen LogP contribution in [0.15, 0.2) is 36.4 Å². The molecule has 27 heavy (non-hydrogen) atoms. The van der Waals surface area contributed by atoms with E-state index >= 15 is 0 Å².